The molecule has 0 atom stereocenters. The van der Waals surface area contributed by atoms with Gasteiger partial charge in [0.25, 0.3) is 0 Å². The second-order valence-electron chi connectivity index (χ2n) is 10.1. The fourth-order valence-electron chi connectivity index (χ4n) is 5.31. The number of nitrogens with one attached hydrogen (secondary N) is 1. The molecular formula is C26H40N4O2. The van der Waals surface area contributed by atoms with Gasteiger partial charge in [-0.25, -0.2) is 0 Å². The third kappa shape index (κ3) is 6.25. The van der Waals surface area contributed by atoms with Crippen molar-refractivity contribution in [3.63, 3.8) is 0 Å². The number of piperidine rings is 2. The second-order valence-corrected chi connectivity index (χ2v) is 10.1. The number of carbonyl (C=O) groups excluding carboxylic acids is 2. The summed E-state index contributed by atoms with van der Waals surface area (Å²) >= 11 is 0. The maximum atomic E-state index is 12.9. The van der Waals surface area contributed by atoms with E-state index in [1.807, 2.05) is 12.1 Å². The third-order valence-electron chi connectivity index (χ3n) is 7.52. The molecule has 1 aromatic rings. The fraction of sp³-hybridized carbons (Fsp3) is 0.692. The molecule has 3 aliphatic heterocycles. The van der Waals surface area contributed by atoms with Crippen LogP contribution in [0.15, 0.2) is 24.3 Å². The summed E-state index contributed by atoms with van der Waals surface area (Å²) < 4.78 is 0. The third-order valence-corrected chi connectivity index (χ3v) is 7.52. The Hall–Kier alpha value is -2.08. The highest BCUT2D eigenvalue weighted by molar-refractivity contribution is 5.92. The van der Waals surface area contributed by atoms with E-state index in [-0.39, 0.29) is 11.8 Å². The van der Waals surface area contributed by atoms with Gasteiger partial charge >= 0.3 is 0 Å². The van der Waals surface area contributed by atoms with Crippen LogP contribution < -0.4 is 10.2 Å². The Morgan fingerprint density at radius 3 is 2.09 bits per heavy atom. The molecule has 2 amide bonds. The molecule has 3 fully saturated rings. The van der Waals surface area contributed by atoms with Crippen molar-refractivity contribution in [2.24, 2.45) is 11.8 Å². The number of anilines is 2. The quantitative estimate of drug-likeness (QED) is 0.753. The number of hydrogen-bond donors (Lipinski definition) is 1. The Morgan fingerprint density at radius 1 is 0.844 bits per heavy atom. The van der Waals surface area contributed by atoms with Crippen LogP contribution in [-0.2, 0) is 9.59 Å². The molecule has 3 heterocycles. The lowest BCUT2D eigenvalue weighted by molar-refractivity contribution is -0.137. The van der Waals surface area contributed by atoms with Crippen LogP contribution in [0.3, 0.4) is 0 Å². The number of benzene rings is 1. The second kappa shape index (κ2) is 11.2. The van der Waals surface area contributed by atoms with E-state index in [4.69, 9.17) is 0 Å². The zero-order valence-electron chi connectivity index (χ0n) is 19.7. The SMILES string of the molecule is CC1CCN(c2ccc(NC(=O)CN3CCC(C(=O)N4CCCCCC4)CC3)cc2)CC1. The summed E-state index contributed by atoms with van der Waals surface area (Å²) in [4.78, 5) is 32.1. The van der Waals surface area contributed by atoms with Crippen molar-refractivity contribution < 1.29 is 9.59 Å². The van der Waals surface area contributed by atoms with Crippen molar-refractivity contribution in [2.45, 2.75) is 58.3 Å². The molecule has 3 aliphatic rings. The molecule has 0 aromatic heterocycles. The molecule has 1 N–H and O–H groups in total. The first-order valence-electron chi connectivity index (χ1n) is 12.7. The molecular weight excluding hydrogens is 400 g/mol. The lowest BCUT2D eigenvalue weighted by Crippen LogP contribution is -2.44. The highest BCUT2D eigenvalue weighted by Gasteiger charge is 2.29. The minimum Gasteiger partial charge on any atom is -0.372 e. The molecule has 1 aromatic carbocycles. The molecule has 0 bridgehead atoms. The van der Waals surface area contributed by atoms with Gasteiger partial charge in [-0.1, -0.05) is 19.8 Å². The number of likely N-dealkylation sites (tertiary alicyclic amines) is 2. The van der Waals surface area contributed by atoms with Crippen LogP contribution in [0, 0.1) is 11.8 Å². The topological polar surface area (TPSA) is 55.9 Å². The summed E-state index contributed by atoms with van der Waals surface area (Å²) in [7, 11) is 0. The number of amides is 2. The van der Waals surface area contributed by atoms with Crippen molar-refractivity contribution in [1.29, 1.82) is 0 Å². The van der Waals surface area contributed by atoms with Gasteiger partial charge in [0.15, 0.2) is 0 Å². The van der Waals surface area contributed by atoms with Crippen LogP contribution in [0.1, 0.15) is 58.3 Å². The molecule has 0 radical (unpaired) electrons. The smallest absolute Gasteiger partial charge is 0.238 e. The van der Waals surface area contributed by atoms with E-state index in [1.165, 1.54) is 31.4 Å². The van der Waals surface area contributed by atoms with Gasteiger partial charge in [0.05, 0.1) is 6.54 Å². The van der Waals surface area contributed by atoms with Gasteiger partial charge in [0, 0.05) is 43.5 Å². The van der Waals surface area contributed by atoms with E-state index in [9.17, 15) is 9.59 Å². The van der Waals surface area contributed by atoms with Gasteiger partial charge in [-0.2, -0.15) is 0 Å². The van der Waals surface area contributed by atoms with Crippen LogP contribution in [0.5, 0.6) is 0 Å². The summed E-state index contributed by atoms with van der Waals surface area (Å²) in [5.41, 5.74) is 2.10. The monoisotopic (exact) mass is 440 g/mol. The molecule has 32 heavy (non-hydrogen) atoms. The van der Waals surface area contributed by atoms with Crippen molar-refractivity contribution in [1.82, 2.24) is 9.80 Å². The molecule has 6 nitrogen and oxygen atoms in total. The molecule has 0 spiro atoms. The van der Waals surface area contributed by atoms with Crippen molar-refractivity contribution in [3.8, 4) is 0 Å². The first kappa shape index (κ1) is 23.1. The molecule has 3 saturated heterocycles. The predicted octanol–water partition coefficient (Wildman–Crippen LogP) is 3.98. The van der Waals surface area contributed by atoms with E-state index in [2.05, 4.69) is 39.1 Å². The molecule has 4 rings (SSSR count). The number of hydrogen-bond acceptors (Lipinski definition) is 4. The van der Waals surface area contributed by atoms with Gasteiger partial charge in [-0.15, -0.1) is 0 Å². The van der Waals surface area contributed by atoms with Gasteiger partial charge in [-0.05, 0) is 81.8 Å². The highest BCUT2D eigenvalue weighted by atomic mass is 16.2. The number of rotatable bonds is 5. The number of carbonyl (C=O) groups is 2. The summed E-state index contributed by atoms with van der Waals surface area (Å²) in [5.74, 6) is 1.33. The maximum absolute atomic E-state index is 12.9. The Labute approximate surface area is 193 Å². The Balaban J connectivity index is 1.19. The highest BCUT2D eigenvalue weighted by Crippen LogP contribution is 2.25. The molecule has 0 aliphatic carbocycles. The Bertz CT molecular complexity index is 742. The summed E-state index contributed by atoms with van der Waals surface area (Å²) in [5, 5.41) is 3.04. The standard InChI is InChI=1S/C26H40N4O2/c1-21-10-18-29(19-11-21)24-8-6-23(7-9-24)27-25(31)20-28-16-12-22(13-17-28)26(32)30-14-4-2-3-5-15-30/h6-9,21-22H,2-5,10-20H2,1H3,(H,27,31). The molecule has 176 valence electrons. The number of nitrogens with zero attached hydrogens (tertiary/aromatic N) is 3. The van der Waals surface area contributed by atoms with E-state index >= 15 is 0 Å². The largest absolute Gasteiger partial charge is 0.372 e. The Kier molecular flexibility index (Phi) is 8.06. The van der Waals surface area contributed by atoms with Crippen LogP contribution >= 0.6 is 0 Å². The summed E-state index contributed by atoms with van der Waals surface area (Å²) in [6.45, 7) is 8.46. The minimum atomic E-state index is 0.0295. The van der Waals surface area contributed by atoms with Crippen molar-refractivity contribution in [2.75, 3.05) is 56.0 Å². The Morgan fingerprint density at radius 2 is 1.47 bits per heavy atom. The molecule has 0 unspecified atom stereocenters. The van der Waals surface area contributed by atoms with E-state index in [0.29, 0.717) is 12.5 Å². The van der Waals surface area contributed by atoms with Gasteiger partial charge in [-0.3, -0.25) is 14.5 Å². The molecule has 0 saturated carbocycles. The van der Waals surface area contributed by atoms with E-state index in [0.717, 1.165) is 76.6 Å². The maximum Gasteiger partial charge on any atom is 0.238 e. The van der Waals surface area contributed by atoms with Gasteiger partial charge in [0.2, 0.25) is 11.8 Å². The first-order chi connectivity index (χ1) is 15.6. The van der Waals surface area contributed by atoms with E-state index < -0.39 is 0 Å². The van der Waals surface area contributed by atoms with Crippen molar-refractivity contribution >= 4 is 23.2 Å². The van der Waals surface area contributed by atoms with E-state index in [1.54, 1.807) is 0 Å². The zero-order valence-corrected chi connectivity index (χ0v) is 19.7. The fourth-order valence-corrected chi connectivity index (χ4v) is 5.31. The minimum absolute atomic E-state index is 0.0295. The van der Waals surface area contributed by atoms with Crippen LogP contribution in [0.25, 0.3) is 0 Å². The van der Waals surface area contributed by atoms with Crippen LogP contribution in [-0.4, -0.2) is 67.4 Å². The van der Waals surface area contributed by atoms with Gasteiger partial charge in [0.1, 0.15) is 0 Å². The normalized spacial score (nSPS) is 21.9. The first-order valence-corrected chi connectivity index (χ1v) is 12.7. The van der Waals surface area contributed by atoms with Crippen LogP contribution in [0.4, 0.5) is 11.4 Å². The van der Waals surface area contributed by atoms with Gasteiger partial charge < -0.3 is 15.1 Å². The summed E-state index contributed by atoms with van der Waals surface area (Å²) in [6, 6.07) is 8.26. The lowest BCUT2D eigenvalue weighted by atomic mass is 9.95. The average molecular weight is 441 g/mol. The zero-order chi connectivity index (χ0) is 22.3. The average Bonchev–Trinajstić information content (AvgIpc) is 3.10. The predicted molar refractivity (Wildman–Crippen MR) is 130 cm³/mol. The molecule has 6 heteroatoms. The van der Waals surface area contributed by atoms with Crippen molar-refractivity contribution in [3.05, 3.63) is 24.3 Å². The summed E-state index contributed by atoms with van der Waals surface area (Å²) in [6.07, 6.45) is 9.01. The van der Waals surface area contributed by atoms with Crippen LogP contribution in [0.2, 0.25) is 0 Å². The lowest BCUT2D eigenvalue weighted by Gasteiger charge is -2.33.